The SMILES string of the molecule is CC(NC(=O)c1ccc(-n2cccn2)cc1)c1cccnc1. The molecule has 5 nitrogen and oxygen atoms in total. The van der Waals surface area contributed by atoms with Gasteiger partial charge in [0.15, 0.2) is 0 Å². The number of amides is 1. The zero-order chi connectivity index (χ0) is 15.4. The van der Waals surface area contributed by atoms with E-state index in [4.69, 9.17) is 0 Å². The Hall–Kier alpha value is -2.95. The van der Waals surface area contributed by atoms with Crippen LogP contribution in [0.2, 0.25) is 0 Å². The van der Waals surface area contributed by atoms with Crippen molar-refractivity contribution in [3.05, 3.63) is 78.4 Å². The molecular formula is C17H16N4O. The standard InChI is InChI=1S/C17H16N4O/c1-13(15-4-2-9-18-12-15)20-17(22)14-5-7-16(8-6-14)21-11-3-10-19-21/h2-13H,1H3,(H,20,22). The van der Waals surface area contributed by atoms with Gasteiger partial charge in [-0.3, -0.25) is 9.78 Å². The number of rotatable bonds is 4. The zero-order valence-corrected chi connectivity index (χ0v) is 12.2. The van der Waals surface area contributed by atoms with Crippen LogP contribution in [-0.4, -0.2) is 20.7 Å². The monoisotopic (exact) mass is 292 g/mol. The third-order valence-electron chi connectivity index (χ3n) is 3.43. The molecule has 22 heavy (non-hydrogen) atoms. The number of benzene rings is 1. The Bertz CT molecular complexity index is 736. The van der Waals surface area contributed by atoms with Crippen molar-refractivity contribution in [2.75, 3.05) is 0 Å². The molecule has 1 N–H and O–H groups in total. The smallest absolute Gasteiger partial charge is 0.251 e. The second kappa shape index (κ2) is 6.22. The van der Waals surface area contributed by atoms with Crippen LogP contribution in [0.5, 0.6) is 0 Å². The van der Waals surface area contributed by atoms with Gasteiger partial charge in [-0.05, 0) is 48.9 Å². The van der Waals surface area contributed by atoms with Gasteiger partial charge in [0.1, 0.15) is 0 Å². The molecule has 1 amide bonds. The van der Waals surface area contributed by atoms with Crippen molar-refractivity contribution < 1.29 is 4.79 Å². The van der Waals surface area contributed by atoms with E-state index in [1.54, 1.807) is 35.4 Å². The summed E-state index contributed by atoms with van der Waals surface area (Å²) in [5, 5.41) is 7.12. The van der Waals surface area contributed by atoms with Crippen molar-refractivity contribution >= 4 is 5.91 Å². The van der Waals surface area contributed by atoms with E-state index in [0.717, 1.165) is 11.3 Å². The second-order valence-electron chi connectivity index (χ2n) is 4.98. The van der Waals surface area contributed by atoms with E-state index in [2.05, 4.69) is 15.4 Å². The van der Waals surface area contributed by atoms with Gasteiger partial charge in [-0.25, -0.2) is 4.68 Å². The Morgan fingerprint density at radius 3 is 2.59 bits per heavy atom. The van der Waals surface area contributed by atoms with E-state index in [1.165, 1.54) is 0 Å². The van der Waals surface area contributed by atoms with Gasteiger partial charge in [-0.1, -0.05) is 6.07 Å². The van der Waals surface area contributed by atoms with Gasteiger partial charge in [0, 0.05) is 30.4 Å². The number of hydrogen-bond acceptors (Lipinski definition) is 3. The van der Waals surface area contributed by atoms with E-state index in [9.17, 15) is 4.79 Å². The van der Waals surface area contributed by atoms with Gasteiger partial charge in [0.25, 0.3) is 5.91 Å². The molecule has 3 rings (SSSR count). The number of carbonyl (C=O) groups is 1. The minimum Gasteiger partial charge on any atom is -0.345 e. The minimum absolute atomic E-state index is 0.0907. The first-order valence-corrected chi connectivity index (χ1v) is 7.05. The van der Waals surface area contributed by atoms with Crippen LogP contribution < -0.4 is 5.32 Å². The van der Waals surface area contributed by atoms with Crippen LogP contribution in [0.3, 0.4) is 0 Å². The van der Waals surface area contributed by atoms with E-state index < -0.39 is 0 Å². The van der Waals surface area contributed by atoms with E-state index in [1.807, 2.05) is 43.5 Å². The lowest BCUT2D eigenvalue weighted by atomic mass is 10.1. The lowest BCUT2D eigenvalue weighted by Gasteiger charge is -2.14. The molecule has 2 heterocycles. The van der Waals surface area contributed by atoms with Crippen molar-refractivity contribution in [1.29, 1.82) is 0 Å². The van der Waals surface area contributed by atoms with Crippen molar-refractivity contribution in [1.82, 2.24) is 20.1 Å². The molecule has 0 fully saturated rings. The molecule has 1 aromatic carbocycles. The molecule has 0 bridgehead atoms. The highest BCUT2D eigenvalue weighted by Crippen LogP contribution is 2.13. The summed E-state index contributed by atoms with van der Waals surface area (Å²) in [5.74, 6) is -0.108. The Morgan fingerprint density at radius 2 is 1.95 bits per heavy atom. The molecule has 3 aromatic rings. The van der Waals surface area contributed by atoms with Crippen LogP contribution in [0.1, 0.15) is 28.9 Å². The summed E-state index contributed by atoms with van der Waals surface area (Å²) in [4.78, 5) is 16.3. The second-order valence-corrected chi connectivity index (χ2v) is 4.98. The normalized spacial score (nSPS) is 11.9. The highest BCUT2D eigenvalue weighted by Gasteiger charge is 2.11. The first kappa shape index (κ1) is 14.0. The molecular weight excluding hydrogens is 276 g/mol. The average molecular weight is 292 g/mol. The summed E-state index contributed by atoms with van der Waals surface area (Å²) in [6, 6.07) is 12.9. The van der Waals surface area contributed by atoms with Crippen LogP contribution in [0.25, 0.3) is 5.69 Å². The van der Waals surface area contributed by atoms with Gasteiger partial charge < -0.3 is 5.32 Å². The Balaban J connectivity index is 1.70. The minimum atomic E-state index is -0.108. The largest absolute Gasteiger partial charge is 0.345 e. The lowest BCUT2D eigenvalue weighted by molar-refractivity contribution is 0.0940. The molecule has 110 valence electrons. The molecule has 0 saturated carbocycles. The lowest BCUT2D eigenvalue weighted by Crippen LogP contribution is -2.26. The fourth-order valence-electron chi connectivity index (χ4n) is 2.18. The van der Waals surface area contributed by atoms with E-state index in [-0.39, 0.29) is 11.9 Å². The van der Waals surface area contributed by atoms with E-state index in [0.29, 0.717) is 5.56 Å². The summed E-state index contributed by atoms with van der Waals surface area (Å²) in [5.41, 5.74) is 2.51. The van der Waals surface area contributed by atoms with Crippen LogP contribution >= 0.6 is 0 Å². The molecule has 0 aliphatic carbocycles. The molecule has 2 aromatic heterocycles. The van der Waals surface area contributed by atoms with Crippen molar-refractivity contribution in [2.24, 2.45) is 0 Å². The predicted octanol–water partition coefficient (Wildman–Crippen LogP) is 2.76. The number of nitrogens with zero attached hydrogens (tertiary/aromatic N) is 3. The molecule has 0 aliphatic heterocycles. The number of aromatic nitrogens is 3. The molecule has 1 atom stereocenters. The summed E-state index contributed by atoms with van der Waals surface area (Å²) in [6.45, 7) is 1.94. The van der Waals surface area contributed by atoms with Crippen LogP contribution in [-0.2, 0) is 0 Å². The van der Waals surface area contributed by atoms with Gasteiger partial charge in [0.2, 0.25) is 0 Å². The molecule has 1 unspecified atom stereocenters. The first-order chi connectivity index (χ1) is 10.7. The Kier molecular flexibility index (Phi) is 3.96. The molecule has 0 radical (unpaired) electrons. The molecule has 0 spiro atoms. The Labute approximate surface area is 128 Å². The highest BCUT2D eigenvalue weighted by atomic mass is 16.1. The van der Waals surface area contributed by atoms with Crippen molar-refractivity contribution in [3.8, 4) is 5.69 Å². The fraction of sp³-hybridized carbons (Fsp3) is 0.118. The maximum Gasteiger partial charge on any atom is 0.251 e. The summed E-state index contributed by atoms with van der Waals surface area (Å²) in [7, 11) is 0. The molecule has 5 heteroatoms. The predicted molar refractivity (Wildman–Crippen MR) is 83.7 cm³/mol. The topological polar surface area (TPSA) is 59.8 Å². The van der Waals surface area contributed by atoms with Crippen LogP contribution in [0.15, 0.2) is 67.3 Å². The molecule has 0 aliphatic rings. The number of nitrogens with one attached hydrogen (secondary N) is 1. The van der Waals surface area contributed by atoms with Gasteiger partial charge in [0.05, 0.1) is 11.7 Å². The summed E-state index contributed by atoms with van der Waals surface area (Å²) in [6.07, 6.45) is 7.05. The van der Waals surface area contributed by atoms with Gasteiger partial charge in [-0.2, -0.15) is 5.10 Å². The van der Waals surface area contributed by atoms with Gasteiger partial charge in [-0.15, -0.1) is 0 Å². The molecule has 0 saturated heterocycles. The van der Waals surface area contributed by atoms with E-state index >= 15 is 0 Å². The van der Waals surface area contributed by atoms with Gasteiger partial charge >= 0.3 is 0 Å². The first-order valence-electron chi connectivity index (χ1n) is 7.05. The quantitative estimate of drug-likeness (QED) is 0.804. The summed E-state index contributed by atoms with van der Waals surface area (Å²) >= 11 is 0. The maximum atomic E-state index is 12.3. The third kappa shape index (κ3) is 3.03. The third-order valence-corrected chi connectivity index (χ3v) is 3.43. The van der Waals surface area contributed by atoms with Crippen molar-refractivity contribution in [2.45, 2.75) is 13.0 Å². The number of hydrogen-bond donors (Lipinski definition) is 1. The Morgan fingerprint density at radius 1 is 1.14 bits per heavy atom. The van der Waals surface area contributed by atoms with Crippen LogP contribution in [0, 0.1) is 0 Å². The number of pyridine rings is 1. The number of carbonyl (C=O) groups excluding carboxylic acids is 1. The highest BCUT2D eigenvalue weighted by molar-refractivity contribution is 5.94. The zero-order valence-electron chi connectivity index (χ0n) is 12.2. The van der Waals surface area contributed by atoms with Crippen molar-refractivity contribution in [3.63, 3.8) is 0 Å². The summed E-state index contributed by atoms with van der Waals surface area (Å²) < 4.78 is 1.75. The average Bonchev–Trinajstić information content (AvgIpc) is 3.10. The van der Waals surface area contributed by atoms with Crippen LogP contribution in [0.4, 0.5) is 0 Å². The fourth-order valence-corrected chi connectivity index (χ4v) is 2.18. The maximum absolute atomic E-state index is 12.3.